The van der Waals surface area contributed by atoms with Gasteiger partial charge in [-0.15, -0.1) is 0 Å². The number of carbonyl (C=O) groups is 2. The summed E-state index contributed by atoms with van der Waals surface area (Å²) in [5, 5.41) is 24.1. The number of hydrogen-bond acceptors (Lipinski definition) is 4. The Hall–Kier alpha value is -2.38. The Labute approximate surface area is 153 Å². The van der Waals surface area contributed by atoms with Gasteiger partial charge in [-0.1, -0.05) is 42.5 Å². The predicted molar refractivity (Wildman–Crippen MR) is 100 cm³/mol. The normalized spacial score (nSPS) is 15.3. The highest BCUT2D eigenvalue weighted by molar-refractivity contribution is 6.43. The van der Waals surface area contributed by atoms with Gasteiger partial charge in [-0.05, 0) is 29.2 Å². The molecule has 1 aliphatic heterocycles. The maximum atomic E-state index is 12.2. The fourth-order valence-corrected chi connectivity index (χ4v) is 3.31. The molecule has 3 rings (SSSR count). The van der Waals surface area contributed by atoms with E-state index in [2.05, 4.69) is 5.32 Å². The molecule has 3 N–H and O–H groups in total. The zero-order valence-corrected chi connectivity index (χ0v) is 14.6. The number of hydrogen-bond donors (Lipinski definition) is 3. The van der Waals surface area contributed by atoms with Gasteiger partial charge in [0.25, 0.3) is 0 Å². The van der Waals surface area contributed by atoms with Crippen LogP contribution in [-0.4, -0.2) is 52.9 Å². The van der Waals surface area contributed by atoms with Crippen LogP contribution in [-0.2, 0) is 16.0 Å². The topological polar surface area (TPSA) is 89.9 Å². The minimum Gasteiger partial charge on any atom is -0.426 e. The van der Waals surface area contributed by atoms with Crippen molar-refractivity contribution >= 4 is 29.7 Å². The lowest BCUT2D eigenvalue weighted by atomic mass is 9.75. The van der Waals surface area contributed by atoms with E-state index in [4.69, 9.17) is 0 Å². The average molecular weight is 354 g/mol. The van der Waals surface area contributed by atoms with Gasteiger partial charge >= 0.3 is 7.12 Å². The smallest absolute Gasteiger partial charge is 0.426 e. The molecule has 26 heavy (non-hydrogen) atoms. The first kappa shape index (κ1) is 18.4. The average Bonchev–Trinajstić information content (AvgIpc) is 3.04. The van der Waals surface area contributed by atoms with Crippen LogP contribution in [0.3, 0.4) is 0 Å². The van der Waals surface area contributed by atoms with Crippen LogP contribution in [0.2, 0.25) is 0 Å². The van der Waals surface area contributed by atoms with E-state index in [9.17, 15) is 19.6 Å². The summed E-state index contributed by atoms with van der Waals surface area (Å²) in [4.78, 5) is 25.4. The number of benzene rings is 2. The molecule has 0 spiro atoms. The molecule has 1 aliphatic rings. The lowest BCUT2D eigenvalue weighted by molar-refractivity contribution is -0.128. The molecule has 136 valence electrons. The minimum atomic E-state index is -1.65. The largest absolute Gasteiger partial charge is 0.475 e. The molecule has 1 unspecified atom stereocenters. The van der Waals surface area contributed by atoms with Gasteiger partial charge in [-0.3, -0.25) is 9.59 Å². The Bertz CT molecular complexity index is 796. The summed E-state index contributed by atoms with van der Waals surface area (Å²) in [5.74, 6) is -1.01. The summed E-state index contributed by atoms with van der Waals surface area (Å²) < 4.78 is 0. The van der Waals surface area contributed by atoms with Crippen LogP contribution in [0.1, 0.15) is 24.8 Å². The van der Waals surface area contributed by atoms with Crippen molar-refractivity contribution in [1.29, 1.82) is 0 Å². The molecule has 7 heteroatoms. The van der Waals surface area contributed by atoms with E-state index in [0.29, 0.717) is 25.9 Å². The summed E-state index contributed by atoms with van der Waals surface area (Å²) in [7, 11) is -1.65. The Morgan fingerprint density at radius 3 is 2.65 bits per heavy atom. The Balaban J connectivity index is 1.59. The summed E-state index contributed by atoms with van der Waals surface area (Å²) in [6.45, 7) is 1.06. The zero-order valence-electron chi connectivity index (χ0n) is 14.6. The second kappa shape index (κ2) is 8.34. The monoisotopic (exact) mass is 354 g/mol. The van der Waals surface area contributed by atoms with E-state index in [1.807, 2.05) is 42.5 Å². The molecular weight excluding hydrogens is 331 g/mol. The number of nitrogens with one attached hydrogen (secondary N) is 1. The molecule has 0 radical (unpaired) electrons. The van der Waals surface area contributed by atoms with Crippen molar-refractivity contribution in [3.63, 3.8) is 0 Å². The molecule has 1 heterocycles. The van der Waals surface area contributed by atoms with Crippen molar-refractivity contribution in [2.45, 2.75) is 31.6 Å². The first-order valence-corrected chi connectivity index (χ1v) is 8.94. The van der Waals surface area contributed by atoms with Gasteiger partial charge in [0, 0.05) is 25.9 Å². The van der Waals surface area contributed by atoms with Gasteiger partial charge in [0.05, 0.1) is 5.94 Å². The van der Waals surface area contributed by atoms with Crippen molar-refractivity contribution < 1.29 is 19.6 Å². The highest BCUT2D eigenvalue weighted by Crippen LogP contribution is 2.17. The second-order valence-electron chi connectivity index (χ2n) is 6.71. The molecule has 1 saturated heterocycles. The van der Waals surface area contributed by atoms with E-state index >= 15 is 0 Å². The predicted octanol–water partition coefficient (Wildman–Crippen LogP) is 0.892. The van der Waals surface area contributed by atoms with Crippen molar-refractivity contribution in [3.05, 3.63) is 48.0 Å². The van der Waals surface area contributed by atoms with E-state index in [-0.39, 0.29) is 18.2 Å². The molecule has 0 bridgehead atoms. The quantitative estimate of drug-likeness (QED) is 0.645. The summed E-state index contributed by atoms with van der Waals surface area (Å²) in [6.07, 6.45) is 1.85. The lowest BCUT2D eigenvalue weighted by Gasteiger charge is -2.20. The summed E-state index contributed by atoms with van der Waals surface area (Å²) >= 11 is 0. The fourth-order valence-electron chi connectivity index (χ4n) is 3.31. The first-order valence-electron chi connectivity index (χ1n) is 8.94. The van der Waals surface area contributed by atoms with Crippen LogP contribution in [0.15, 0.2) is 42.5 Å². The van der Waals surface area contributed by atoms with E-state index in [0.717, 1.165) is 22.8 Å². The number of rotatable bonds is 7. The molecule has 2 aromatic rings. The number of nitrogens with zero attached hydrogens (tertiary/aromatic N) is 1. The van der Waals surface area contributed by atoms with Gasteiger partial charge in [0.1, 0.15) is 0 Å². The number of fused-ring (bicyclic) bond motifs is 1. The van der Waals surface area contributed by atoms with Gasteiger partial charge < -0.3 is 20.3 Å². The van der Waals surface area contributed by atoms with Crippen LogP contribution in [0.5, 0.6) is 0 Å². The molecule has 2 aromatic carbocycles. The molecule has 0 aromatic heterocycles. The molecule has 0 saturated carbocycles. The molecule has 1 atom stereocenters. The maximum Gasteiger partial charge on any atom is 0.475 e. The second-order valence-corrected chi connectivity index (χ2v) is 6.71. The van der Waals surface area contributed by atoms with Gasteiger partial charge in [-0.2, -0.15) is 0 Å². The van der Waals surface area contributed by atoms with Crippen LogP contribution >= 0.6 is 0 Å². The third-order valence-corrected chi connectivity index (χ3v) is 4.76. The Morgan fingerprint density at radius 1 is 1.19 bits per heavy atom. The fraction of sp³-hybridized carbons (Fsp3) is 0.368. The standard InChI is InChI=1S/C19H23BN2O4/c23-18(9-11-22-10-3-6-19(22)24)21-17(20(25)26)13-14-7-8-15-4-1-2-5-16(15)12-14/h1-2,4-5,7-8,12,17,25-26H,3,6,9-11,13H2,(H,21,23). The third-order valence-electron chi connectivity index (χ3n) is 4.76. The summed E-state index contributed by atoms with van der Waals surface area (Å²) in [5.41, 5.74) is 0.914. The van der Waals surface area contributed by atoms with Crippen molar-refractivity contribution in [3.8, 4) is 0 Å². The highest BCUT2D eigenvalue weighted by atomic mass is 16.4. The third kappa shape index (κ3) is 4.62. The van der Waals surface area contributed by atoms with E-state index < -0.39 is 13.1 Å². The molecule has 6 nitrogen and oxygen atoms in total. The van der Waals surface area contributed by atoms with Crippen LogP contribution in [0.25, 0.3) is 10.8 Å². The first-order chi connectivity index (χ1) is 12.5. The number of carbonyl (C=O) groups excluding carboxylic acids is 2. The number of likely N-dealkylation sites (tertiary alicyclic amines) is 1. The minimum absolute atomic E-state index is 0.0766. The van der Waals surface area contributed by atoms with Gasteiger partial charge in [0.15, 0.2) is 0 Å². The van der Waals surface area contributed by atoms with Crippen LogP contribution in [0.4, 0.5) is 0 Å². The van der Waals surface area contributed by atoms with Crippen LogP contribution in [0, 0.1) is 0 Å². The number of amides is 2. The van der Waals surface area contributed by atoms with Crippen molar-refractivity contribution in [2.24, 2.45) is 0 Å². The summed E-state index contributed by atoms with van der Waals surface area (Å²) in [6, 6.07) is 13.8. The molecule has 1 fully saturated rings. The lowest BCUT2D eigenvalue weighted by Crippen LogP contribution is -2.48. The van der Waals surface area contributed by atoms with E-state index in [1.165, 1.54) is 0 Å². The zero-order chi connectivity index (χ0) is 18.5. The van der Waals surface area contributed by atoms with Gasteiger partial charge in [-0.25, -0.2) is 0 Å². The SMILES string of the molecule is O=C(CCN1CCCC1=O)NC(Cc1ccc2ccccc2c1)B(O)O. The Morgan fingerprint density at radius 2 is 1.96 bits per heavy atom. The Kier molecular flexibility index (Phi) is 5.91. The van der Waals surface area contributed by atoms with Crippen molar-refractivity contribution in [1.82, 2.24) is 10.2 Å². The maximum absolute atomic E-state index is 12.2. The highest BCUT2D eigenvalue weighted by Gasteiger charge is 2.26. The molecular formula is C19H23BN2O4. The van der Waals surface area contributed by atoms with Gasteiger partial charge in [0.2, 0.25) is 11.8 Å². The van der Waals surface area contributed by atoms with E-state index in [1.54, 1.807) is 4.90 Å². The van der Waals surface area contributed by atoms with Crippen LogP contribution < -0.4 is 5.32 Å². The van der Waals surface area contributed by atoms with Crippen molar-refractivity contribution in [2.75, 3.05) is 13.1 Å². The molecule has 0 aliphatic carbocycles. The molecule has 2 amide bonds.